The van der Waals surface area contributed by atoms with Crippen LogP contribution in [-0.4, -0.2) is 71.9 Å². The lowest BCUT2D eigenvalue weighted by atomic mass is 9.90. The van der Waals surface area contributed by atoms with Crippen LogP contribution in [0, 0.1) is 0 Å². The van der Waals surface area contributed by atoms with Crippen LogP contribution in [0.3, 0.4) is 0 Å². The molecule has 2 fully saturated rings. The topological polar surface area (TPSA) is 99.3 Å². The number of carbonyl (C=O) groups excluding carboxylic acids is 1. The summed E-state index contributed by atoms with van der Waals surface area (Å²) in [5.41, 5.74) is 2.88. The molecular weight excluding hydrogens is 462 g/mol. The molecule has 2 aromatic carbocycles. The van der Waals surface area contributed by atoms with E-state index in [9.17, 15) is 13.2 Å². The van der Waals surface area contributed by atoms with Crippen LogP contribution in [0.25, 0.3) is 11.1 Å². The number of H-pyrrole nitrogens is 1. The summed E-state index contributed by atoms with van der Waals surface area (Å²) >= 11 is 6.35. The van der Waals surface area contributed by atoms with Gasteiger partial charge in [0, 0.05) is 54.9 Å². The lowest BCUT2D eigenvalue weighted by Gasteiger charge is -2.41. The molecule has 0 aliphatic carbocycles. The van der Waals surface area contributed by atoms with Crippen molar-refractivity contribution < 1.29 is 13.2 Å². The Kier molecular flexibility index (Phi) is 5.62. The van der Waals surface area contributed by atoms with Gasteiger partial charge in [-0.3, -0.25) is 5.10 Å². The summed E-state index contributed by atoms with van der Waals surface area (Å²) in [5.74, 6) is 1.37. The van der Waals surface area contributed by atoms with E-state index in [4.69, 9.17) is 11.6 Å². The summed E-state index contributed by atoms with van der Waals surface area (Å²) < 4.78 is 23.4. The summed E-state index contributed by atoms with van der Waals surface area (Å²) in [5, 5.41) is 7.21. The lowest BCUT2D eigenvalue weighted by molar-refractivity contribution is 0.121. The third-order valence-electron chi connectivity index (χ3n) is 6.49. The number of nitrogens with zero attached hydrogens (tertiary/aromatic N) is 4. The Morgan fingerprint density at radius 2 is 1.79 bits per heavy atom. The van der Waals surface area contributed by atoms with Crippen LogP contribution in [-0.2, 0) is 9.84 Å². The van der Waals surface area contributed by atoms with Crippen molar-refractivity contribution in [3.63, 3.8) is 0 Å². The number of aromatic nitrogens is 3. The molecule has 2 aliphatic rings. The fourth-order valence-electron chi connectivity index (χ4n) is 4.51. The third kappa shape index (κ3) is 4.35. The van der Waals surface area contributed by atoms with Gasteiger partial charge < -0.3 is 9.80 Å². The van der Waals surface area contributed by atoms with Gasteiger partial charge in [0.25, 0.3) is 0 Å². The van der Waals surface area contributed by atoms with Crippen molar-refractivity contribution >= 4 is 27.5 Å². The molecule has 10 heteroatoms. The second-order valence-corrected chi connectivity index (χ2v) is 11.1. The Morgan fingerprint density at radius 1 is 1.06 bits per heavy atom. The number of halogens is 1. The third-order valence-corrected chi connectivity index (χ3v) is 7.92. The van der Waals surface area contributed by atoms with Gasteiger partial charge in [0.1, 0.15) is 12.2 Å². The zero-order chi connectivity index (χ0) is 23.2. The average Bonchev–Trinajstić information content (AvgIpc) is 3.44. The Morgan fingerprint density at radius 3 is 2.42 bits per heavy atom. The van der Waals surface area contributed by atoms with E-state index in [1.54, 1.807) is 12.1 Å². The fraction of sp³-hybridized carbons (Fsp3) is 0.348. The van der Waals surface area contributed by atoms with E-state index in [0.717, 1.165) is 29.9 Å². The molecule has 5 rings (SSSR count). The van der Waals surface area contributed by atoms with E-state index in [0.29, 0.717) is 30.6 Å². The summed E-state index contributed by atoms with van der Waals surface area (Å²) in [6.45, 7) is 2.80. The smallest absolute Gasteiger partial charge is 0.320 e. The van der Waals surface area contributed by atoms with Gasteiger partial charge in [0.2, 0.25) is 0 Å². The second kappa shape index (κ2) is 8.46. The molecule has 8 nitrogen and oxygen atoms in total. The lowest BCUT2D eigenvalue weighted by Crippen LogP contribution is -2.53. The first kappa shape index (κ1) is 21.9. The molecule has 2 amide bonds. The van der Waals surface area contributed by atoms with Crippen molar-refractivity contribution in [1.29, 1.82) is 0 Å². The van der Waals surface area contributed by atoms with E-state index >= 15 is 0 Å². The molecule has 3 aromatic rings. The van der Waals surface area contributed by atoms with Crippen LogP contribution in [0.15, 0.2) is 53.7 Å². The van der Waals surface area contributed by atoms with E-state index in [-0.39, 0.29) is 16.8 Å². The fourth-order valence-corrected chi connectivity index (χ4v) is 5.51. The van der Waals surface area contributed by atoms with Crippen LogP contribution < -0.4 is 0 Å². The maximum atomic E-state index is 12.8. The first-order valence-corrected chi connectivity index (χ1v) is 13.1. The van der Waals surface area contributed by atoms with Crippen molar-refractivity contribution in [2.45, 2.75) is 23.2 Å². The minimum Gasteiger partial charge on any atom is -0.324 e. The predicted octanol–water partition coefficient (Wildman–Crippen LogP) is 3.54. The number of nitrogens with one attached hydrogen (secondary N) is 1. The minimum atomic E-state index is -3.30. The van der Waals surface area contributed by atoms with Gasteiger partial charge in [-0.15, -0.1) is 0 Å². The van der Waals surface area contributed by atoms with E-state index in [1.807, 2.05) is 21.9 Å². The molecule has 1 atom stereocenters. The van der Waals surface area contributed by atoms with Crippen molar-refractivity contribution in [2.75, 3.05) is 32.4 Å². The number of aromatic amines is 1. The molecule has 0 bridgehead atoms. The molecule has 2 saturated heterocycles. The van der Waals surface area contributed by atoms with Crippen LogP contribution in [0.4, 0.5) is 4.79 Å². The minimum absolute atomic E-state index is 0.0858. The van der Waals surface area contributed by atoms with Crippen molar-refractivity contribution in [3.05, 3.63) is 65.2 Å². The number of likely N-dealkylation sites (tertiary alicyclic amines) is 2. The van der Waals surface area contributed by atoms with Crippen molar-refractivity contribution in [2.24, 2.45) is 0 Å². The zero-order valence-corrected chi connectivity index (χ0v) is 19.7. The van der Waals surface area contributed by atoms with Gasteiger partial charge in [0.15, 0.2) is 9.84 Å². The Balaban J connectivity index is 1.19. The summed E-state index contributed by atoms with van der Waals surface area (Å²) in [6, 6.07) is 13.0. The van der Waals surface area contributed by atoms with Crippen molar-refractivity contribution in [3.8, 4) is 11.1 Å². The number of amides is 2. The monoisotopic (exact) mass is 485 g/mol. The number of hydrogen-bond donors (Lipinski definition) is 1. The Bertz CT molecular complexity index is 1270. The molecule has 2 aliphatic heterocycles. The molecule has 172 valence electrons. The highest BCUT2D eigenvalue weighted by atomic mass is 35.5. The maximum Gasteiger partial charge on any atom is 0.320 e. The number of urea groups is 1. The van der Waals surface area contributed by atoms with Crippen LogP contribution in [0.1, 0.15) is 29.6 Å². The number of sulfone groups is 1. The average molecular weight is 486 g/mol. The normalized spacial score (nSPS) is 19.0. The first-order chi connectivity index (χ1) is 15.8. The highest BCUT2D eigenvalue weighted by molar-refractivity contribution is 7.90. The SMILES string of the molecule is CS(=O)(=O)c1ccc(-c2ccc(C3CN(C(=O)N4CC[C@H](c5ncn[nH]5)C4)C3)cc2)c(Cl)c1. The molecule has 1 N–H and O–H groups in total. The highest BCUT2D eigenvalue weighted by Crippen LogP contribution is 2.34. The number of carbonyl (C=O) groups is 1. The predicted molar refractivity (Wildman–Crippen MR) is 125 cm³/mol. The van der Waals surface area contributed by atoms with Gasteiger partial charge in [-0.2, -0.15) is 5.10 Å². The van der Waals surface area contributed by atoms with Crippen LogP contribution >= 0.6 is 11.6 Å². The van der Waals surface area contributed by atoms with Crippen molar-refractivity contribution in [1.82, 2.24) is 25.0 Å². The largest absolute Gasteiger partial charge is 0.324 e. The molecule has 1 aromatic heterocycles. The summed E-state index contributed by atoms with van der Waals surface area (Å²) in [4.78, 5) is 21.1. The molecule has 0 radical (unpaired) electrons. The quantitative estimate of drug-likeness (QED) is 0.609. The van der Waals surface area contributed by atoms with E-state index in [2.05, 4.69) is 27.3 Å². The number of hydrogen-bond acceptors (Lipinski definition) is 5. The van der Waals surface area contributed by atoms with Gasteiger partial charge in [0.05, 0.1) is 4.90 Å². The van der Waals surface area contributed by atoms with E-state index in [1.165, 1.54) is 24.2 Å². The van der Waals surface area contributed by atoms with Crippen LogP contribution in [0.5, 0.6) is 0 Å². The second-order valence-electron chi connectivity index (χ2n) is 8.72. The molecule has 0 unspecified atom stereocenters. The number of benzene rings is 2. The number of rotatable bonds is 4. The Labute approximate surface area is 197 Å². The van der Waals surface area contributed by atoms with Gasteiger partial charge >= 0.3 is 6.03 Å². The molecular formula is C23H24ClN5O3S. The van der Waals surface area contributed by atoms with Gasteiger partial charge in [-0.25, -0.2) is 18.2 Å². The van der Waals surface area contributed by atoms with Gasteiger partial charge in [-0.05, 0) is 29.7 Å². The Hall–Kier alpha value is -2.91. The molecule has 0 saturated carbocycles. The molecule has 33 heavy (non-hydrogen) atoms. The first-order valence-electron chi connectivity index (χ1n) is 10.8. The maximum absolute atomic E-state index is 12.8. The van der Waals surface area contributed by atoms with Crippen LogP contribution in [0.2, 0.25) is 5.02 Å². The highest BCUT2D eigenvalue weighted by Gasteiger charge is 2.37. The molecule has 0 spiro atoms. The standard InChI is InChI=1S/C23H24ClN5O3S/c1-33(31,32)19-6-7-20(21(24)10-19)16-4-2-15(3-5-16)18-12-29(13-18)23(30)28-9-8-17(11-28)22-25-14-26-27-22/h2-7,10,14,17-18H,8-9,11-13H2,1H3,(H,25,26,27)/t17-/m0/s1. The zero-order valence-electron chi connectivity index (χ0n) is 18.1. The molecule has 3 heterocycles. The van der Waals surface area contributed by atoms with Gasteiger partial charge in [-0.1, -0.05) is 41.9 Å². The van der Waals surface area contributed by atoms with E-state index < -0.39 is 9.84 Å². The summed E-state index contributed by atoms with van der Waals surface area (Å²) in [6.07, 6.45) is 3.57. The summed E-state index contributed by atoms with van der Waals surface area (Å²) in [7, 11) is -3.30.